The molecule has 0 aliphatic rings. The van der Waals surface area contributed by atoms with E-state index < -0.39 is 22.9 Å². The lowest BCUT2D eigenvalue weighted by atomic mass is 9.83. The highest BCUT2D eigenvalue weighted by molar-refractivity contribution is 9.09. The van der Waals surface area contributed by atoms with Crippen LogP contribution in [0, 0.1) is 47.9 Å². The van der Waals surface area contributed by atoms with Crippen LogP contribution in [0.3, 0.4) is 0 Å². The standard InChI is InChI=1S/C29H28N6O2.C23H17N5O3.C23H19N5O.C19H12ClN3O3.C4H7BN2O2.C4H5BrO2/c1-19-7-10-23(15-26(19)32-27(36)6-5-13-33(2)3)35-28(37)12-9-21-16-30-25-11-8-20(14-24(25)29(21)35)22-17-31-34(4)18-22;1-14-3-6-18(10-21(14)28(30)31)27-22(29)8-5-16-11-24-20-7-4-15(9-19(20)23(16)27)17-12-25-26(2)13-17;1-14-3-6-18(10-20(14)24)28-22(29)8-5-16-11-25-21-7-4-15(9-19(21)23(16)28)17-12-26-27(2)13-17;1-11-2-5-14(9-17(11)23(25)26)22-18(24)7-3-12-10-21-16-6-4-13(20)8-15(16)19(12)22;1-7-3-4(2-6-7)5(8)9;5-3-1-2-4(6)7/h5-12,14-18H,13H2,1-4H3,(H,32,36);3-13H,1-2H3;3-13H,24H2,1-2H3;2-10H,1H3;2-3,8-9H,1H3;1-2H,3H2,(H,6,7)/b6-5+;;;;;2-1+. The summed E-state index contributed by atoms with van der Waals surface area (Å²) in [5.41, 5.74) is 23.9. The number of pyridine rings is 8. The second-order valence-electron chi connectivity index (χ2n) is 32.7. The van der Waals surface area contributed by atoms with Gasteiger partial charge in [0.2, 0.25) is 5.91 Å². The number of halogens is 2. The van der Waals surface area contributed by atoms with Gasteiger partial charge >= 0.3 is 13.1 Å². The zero-order valence-corrected chi connectivity index (χ0v) is 78.8. The molecule has 34 nitrogen and oxygen atoms in total. The van der Waals surface area contributed by atoms with E-state index in [1.165, 1.54) is 56.4 Å². The summed E-state index contributed by atoms with van der Waals surface area (Å²) in [5, 5.41) is 74.8. The molecule has 12 aromatic heterocycles. The molecule has 20 aromatic rings. The summed E-state index contributed by atoms with van der Waals surface area (Å²) in [6.45, 7) is 7.87. The van der Waals surface area contributed by atoms with E-state index in [0.717, 1.165) is 122 Å². The molecular weight excluding hydrogens is 1850 g/mol. The van der Waals surface area contributed by atoms with Crippen LogP contribution in [0.25, 0.3) is 143 Å². The van der Waals surface area contributed by atoms with Gasteiger partial charge in [0.1, 0.15) is 0 Å². The maximum absolute atomic E-state index is 13.3. The molecule has 0 saturated heterocycles. The second kappa shape index (κ2) is 41.8. The molecule has 0 aliphatic carbocycles. The van der Waals surface area contributed by atoms with Gasteiger partial charge in [0.05, 0.1) is 95.3 Å². The molecule has 20 rings (SSSR count). The number of carbonyl (C=O) groups excluding carboxylic acids is 1. The summed E-state index contributed by atoms with van der Waals surface area (Å²) >= 11 is 9.17. The number of allylic oxidation sites excluding steroid dienone is 1. The quantitative estimate of drug-likeness (QED) is 0.0114. The van der Waals surface area contributed by atoms with E-state index in [1.807, 2.05) is 182 Å². The number of nitrogens with two attached hydrogens (primary N) is 1. The Morgan fingerprint density at radius 3 is 1.12 bits per heavy atom. The fourth-order valence-electron chi connectivity index (χ4n) is 15.7. The van der Waals surface area contributed by atoms with Crippen LogP contribution in [-0.4, -0.2) is 152 Å². The van der Waals surface area contributed by atoms with Crippen molar-refractivity contribution in [2.24, 2.45) is 28.2 Å². The SMILES string of the molecule is Cc1ccc(-n2c(=O)ccc3cnc4ccc(-c5cnn(C)c5)cc4c32)cc1N.Cc1ccc(-n2c(=O)ccc3cnc4ccc(-c5cnn(C)c5)cc4c32)cc1NC(=O)/C=C/CN(C)C.Cc1ccc(-n2c(=O)ccc3cnc4ccc(-c5cnn(C)c5)cc4c32)cc1[N+](=O)[O-].Cc1ccc(-n2c(=O)ccc3cnc4ccc(Cl)cc4c32)cc1[N+](=O)[O-].Cn1cc(B(O)O)cn1.O=C(O)/C=C/CBr. The van der Waals surface area contributed by atoms with Gasteiger partial charge in [-0.15, -0.1) is 0 Å². The molecule has 0 unspecified atom stereocenters. The first kappa shape index (κ1) is 96.4. The third-order valence-electron chi connectivity index (χ3n) is 22.6. The van der Waals surface area contributed by atoms with Gasteiger partial charge in [-0.05, 0) is 185 Å². The maximum atomic E-state index is 13.3. The summed E-state index contributed by atoms with van der Waals surface area (Å²) < 4.78 is 13.1. The van der Waals surface area contributed by atoms with Crippen molar-refractivity contribution in [3.8, 4) is 56.1 Å². The Hall–Kier alpha value is -17.2. The Bertz CT molecular complexity index is 8570. The number of nitrogen functional groups attached to an aromatic ring is 1. The molecule has 0 radical (unpaired) electrons. The Kier molecular flexibility index (Phi) is 29.0. The first-order valence-electron chi connectivity index (χ1n) is 43.0. The van der Waals surface area contributed by atoms with Gasteiger partial charge in [0, 0.05) is 237 Å². The number of anilines is 2. The number of carbonyl (C=O) groups is 2. The minimum atomic E-state index is -1.40. The summed E-state index contributed by atoms with van der Waals surface area (Å²) in [6.07, 6.45) is 27.1. The first-order valence-corrected chi connectivity index (χ1v) is 44.5. The van der Waals surface area contributed by atoms with Crippen molar-refractivity contribution in [1.82, 2.24) is 82.2 Å². The number of fused-ring (bicyclic) bond motifs is 12. The molecule has 139 heavy (non-hydrogen) atoms. The molecule has 696 valence electrons. The van der Waals surface area contributed by atoms with Crippen LogP contribution in [0.4, 0.5) is 22.7 Å². The van der Waals surface area contributed by atoms with Gasteiger partial charge in [0.25, 0.3) is 33.6 Å². The third kappa shape index (κ3) is 21.6. The molecule has 1 amide bonds. The van der Waals surface area contributed by atoms with Gasteiger partial charge < -0.3 is 31.1 Å². The Balaban J connectivity index is 0.000000134. The molecule has 0 spiro atoms. The number of aryl methyl sites for hydroxylation is 8. The van der Waals surface area contributed by atoms with Crippen molar-refractivity contribution in [1.29, 1.82) is 0 Å². The van der Waals surface area contributed by atoms with Crippen LogP contribution in [0.5, 0.6) is 0 Å². The molecule has 12 heterocycles. The molecule has 6 N–H and O–H groups in total. The lowest BCUT2D eigenvalue weighted by Gasteiger charge is -2.15. The fourth-order valence-corrected chi connectivity index (χ4v) is 16.0. The van der Waals surface area contributed by atoms with E-state index in [4.69, 9.17) is 32.5 Å². The number of hydrogen-bond acceptors (Lipinski definition) is 22. The highest BCUT2D eigenvalue weighted by Gasteiger charge is 2.23. The third-order valence-corrected chi connectivity index (χ3v) is 23.2. The molecule has 8 aromatic carbocycles. The number of alkyl halides is 1. The minimum Gasteiger partial charge on any atom is -0.478 e. The van der Waals surface area contributed by atoms with Crippen LogP contribution in [0.1, 0.15) is 22.3 Å². The number of carboxylic acid groups (broad SMARTS) is 1. The summed E-state index contributed by atoms with van der Waals surface area (Å²) in [7, 11) is 9.81. The average molecular weight is 1940 g/mol. The fraction of sp³-hybridized carbons (Fsp3) is 0.118. The number of hydrogen-bond donors (Lipinski definition) is 5. The van der Waals surface area contributed by atoms with Crippen molar-refractivity contribution in [3.63, 3.8) is 0 Å². The lowest BCUT2D eigenvalue weighted by Crippen LogP contribution is -2.28. The predicted molar refractivity (Wildman–Crippen MR) is 548 cm³/mol. The van der Waals surface area contributed by atoms with Gasteiger partial charge in [0.15, 0.2) is 0 Å². The number of amides is 1. The van der Waals surface area contributed by atoms with Gasteiger partial charge in [-0.25, -0.2) is 4.79 Å². The number of carboxylic acids is 1. The predicted octanol–water partition coefficient (Wildman–Crippen LogP) is 15.8. The number of aromatic nitrogens is 16. The van der Waals surface area contributed by atoms with E-state index >= 15 is 0 Å². The molecule has 0 atom stereocenters. The van der Waals surface area contributed by atoms with E-state index in [9.17, 15) is 49.0 Å². The van der Waals surface area contributed by atoms with Crippen molar-refractivity contribution in [3.05, 3.63) is 382 Å². The summed E-state index contributed by atoms with van der Waals surface area (Å²) in [6, 6.07) is 57.0. The number of rotatable bonds is 16. The molecule has 37 heteroatoms. The molecule has 0 bridgehead atoms. The van der Waals surface area contributed by atoms with E-state index in [2.05, 4.69) is 67.6 Å². The van der Waals surface area contributed by atoms with Crippen molar-refractivity contribution >= 4 is 162 Å². The van der Waals surface area contributed by atoms with E-state index in [-0.39, 0.29) is 39.5 Å². The number of nitro groups is 2. The van der Waals surface area contributed by atoms with E-state index in [0.29, 0.717) is 83.9 Å². The summed E-state index contributed by atoms with van der Waals surface area (Å²) in [5.74, 6) is -1.12. The highest BCUT2D eigenvalue weighted by Crippen LogP contribution is 2.37. The number of aliphatic carboxylic acids is 1. The second-order valence-corrected chi connectivity index (χ2v) is 33.8. The first-order chi connectivity index (χ1) is 66.6. The minimum absolute atomic E-state index is 0.0317. The van der Waals surface area contributed by atoms with Crippen LogP contribution >= 0.6 is 27.5 Å². The molecular formula is C102H88BBrClN21O13. The number of nitro benzene ring substituents is 2. The van der Waals surface area contributed by atoms with Gasteiger partial charge in [-0.2, -0.15) is 20.4 Å². The monoisotopic (exact) mass is 1940 g/mol. The zero-order valence-electron chi connectivity index (χ0n) is 76.5. The van der Waals surface area contributed by atoms with E-state index in [1.54, 1.807) is 154 Å². The van der Waals surface area contributed by atoms with Gasteiger partial charge in [-0.1, -0.05) is 82.1 Å². The Morgan fingerprint density at radius 2 is 0.791 bits per heavy atom. The highest BCUT2D eigenvalue weighted by atomic mass is 79.9. The normalized spacial score (nSPS) is 11.2. The molecule has 0 saturated carbocycles. The Labute approximate surface area is 804 Å². The van der Waals surface area contributed by atoms with Crippen molar-refractivity contribution in [2.75, 3.05) is 37.0 Å². The van der Waals surface area contributed by atoms with Crippen LogP contribution in [0.2, 0.25) is 5.02 Å². The molecule has 0 aliphatic heterocycles. The van der Waals surface area contributed by atoms with Crippen molar-refractivity contribution in [2.45, 2.75) is 27.7 Å². The number of benzene rings is 8. The lowest BCUT2D eigenvalue weighted by molar-refractivity contribution is -0.385. The maximum Gasteiger partial charge on any atom is 0.491 e. The number of likely N-dealkylation sites (N-methyl/N-ethyl adjacent to an activating group) is 1. The largest absolute Gasteiger partial charge is 0.491 e. The topological polar surface area (TPSA) is 433 Å². The van der Waals surface area contributed by atoms with Crippen molar-refractivity contribution < 1.29 is 34.6 Å². The van der Waals surface area contributed by atoms with Crippen LogP contribution in [-0.2, 0) is 37.8 Å². The number of nitrogens with one attached hydrogen (secondary N) is 1. The van der Waals surface area contributed by atoms with Crippen LogP contribution < -0.4 is 38.8 Å². The van der Waals surface area contributed by atoms with Gasteiger partial charge in [-0.3, -0.25) is 101 Å². The smallest absolute Gasteiger partial charge is 0.478 e. The average Bonchev–Trinajstić information content (AvgIpc) is 1.58. The Morgan fingerprint density at radius 1 is 0.439 bits per heavy atom. The molecule has 0 fully saturated rings. The number of nitrogens with zero attached hydrogens (tertiary/aromatic N) is 19. The summed E-state index contributed by atoms with van der Waals surface area (Å²) in [4.78, 5) is 116. The van der Waals surface area contributed by atoms with Crippen LogP contribution in [0.15, 0.2) is 312 Å². The zero-order chi connectivity index (χ0) is 98.9.